The molecule has 17 rings (SSSR count). The van der Waals surface area contributed by atoms with E-state index in [2.05, 4.69) is 115 Å². The van der Waals surface area contributed by atoms with Crippen molar-refractivity contribution in [1.29, 1.82) is 0 Å². The van der Waals surface area contributed by atoms with Crippen LogP contribution in [-0.4, -0.2) is 41.9 Å². The lowest BCUT2D eigenvalue weighted by Gasteiger charge is -2.18. The third kappa shape index (κ3) is 5.85. The number of nitrogens with zero attached hydrogens (tertiary/aromatic N) is 6. The molecule has 10 nitrogen and oxygen atoms in total. The standard InChI is InChI=1S/C70H40N6O4/c77-67-51-37-63(73-55-25-9-1-17-43(55)44-18-2-10-26-56(44)73)64(74-57-27-11-3-19-45(57)46-20-4-12-28-58(46)74)38-52(51)68(78)71(67)41-33-35-42(36-34-41)72-69(79)53-39-65(75-59-29-13-5-21-47(59)48-22-6-14-30-60(48)75)66(40-54(53)70(72)80)76-61-31-15-7-23-49(61)50-24-8-16-32-62(50)76/h1-40H. The minimum absolute atomic E-state index is 0.263. The molecule has 10 heteroatoms. The predicted octanol–water partition coefficient (Wildman–Crippen LogP) is 15.7. The molecule has 11 aromatic carbocycles. The highest BCUT2D eigenvalue weighted by atomic mass is 16.2. The average Bonchev–Trinajstić information content (AvgIpc) is 4.43. The molecule has 80 heavy (non-hydrogen) atoms. The summed E-state index contributed by atoms with van der Waals surface area (Å²) in [5, 5.41) is 8.49. The van der Waals surface area contributed by atoms with Crippen molar-refractivity contribution in [3.8, 4) is 22.7 Å². The van der Waals surface area contributed by atoms with E-state index in [4.69, 9.17) is 0 Å². The van der Waals surface area contributed by atoms with Crippen molar-refractivity contribution >= 4 is 122 Å². The van der Waals surface area contributed by atoms with Gasteiger partial charge in [-0.15, -0.1) is 0 Å². The molecule has 0 unspecified atom stereocenters. The summed E-state index contributed by atoms with van der Waals surface area (Å²) >= 11 is 0. The molecular formula is C70H40N6O4. The first-order chi connectivity index (χ1) is 39.4. The van der Waals surface area contributed by atoms with Crippen LogP contribution >= 0.6 is 0 Å². The van der Waals surface area contributed by atoms with E-state index in [0.717, 1.165) is 110 Å². The van der Waals surface area contributed by atoms with Crippen molar-refractivity contribution < 1.29 is 19.2 Å². The maximum absolute atomic E-state index is 15.0. The minimum Gasteiger partial charge on any atom is -0.307 e. The fraction of sp³-hybridized carbons (Fsp3) is 0. The number of rotatable bonds is 6. The number of carbonyl (C=O) groups is 4. The van der Waals surface area contributed by atoms with Crippen molar-refractivity contribution in [2.75, 3.05) is 9.80 Å². The van der Waals surface area contributed by atoms with Gasteiger partial charge in [-0.05, 0) is 97.1 Å². The zero-order chi connectivity index (χ0) is 53.1. The van der Waals surface area contributed by atoms with E-state index < -0.39 is 23.6 Å². The molecule has 0 atom stereocenters. The second-order valence-electron chi connectivity index (χ2n) is 20.7. The van der Waals surface area contributed by atoms with Crippen molar-refractivity contribution in [1.82, 2.24) is 18.3 Å². The molecule has 4 amide bonds. The van der Waals surface area contributed by atoms with Gasteiger partial charge >= 0.3 is 0 Å². The smallest absolute Gasteiger partial charge is 0.266 e. The summed E-state index contributed by atoms with van der Waals surface area (Å²) in [5.74, 6) is -1.93. The van der Waals surface area contributed by atoms with Crippen LogP contribution in [-0.2, 0) is 0 Å². The summed E-state index contributed by atoms with van der Waals surface area (Å²) in [5.41, 5.74) is 12.3. The molecule has 0 aliphatic carbocycles. The first-order valence-electron chi connectivity index (χ1n) is 26.6. The van der Waals surface area contributed by atoms with E-state index in [9.17, 15) is 0 Å². The van der Waals surface area contributed by atoms with Crippen molar-refractivity contribution in [3.63, 3.8) is 0 Å². The molecule has 0 N–H and O–H groups in total. The number of fused-ring (bicyclic) bond motifs is 14. The average molecular weight is 1030 g/mol. The number of imide groups is 2. The number of hydrogen-bond donors (Lipinski definition) is 0. The van der Waals surface area contributed by atoms with E-state index in [-0.39, 0.29) is 22.3 Å². The number of para-hydroxylation sites is 8. The largest absolute Gasteiger partial charge is 0.307 e. The maximum Gasteiger partial charge on any atom is 0.266 e. The molecule has 6 heterocycles. The van der Waals surface area contributed by atoms with Gasteiger partial charge < -0.3 is 18.3 Å². The van der Waals surface area contributed by atoms with Crippen molar-refractivity contribution in [2.45, 2.75) is 0 Å². The van der Waals surface area contributed by atoms with Crippen LogP contribution in [0.25, 0.3) is 110 Å². The topological polar surface area (TPSA) is 94.5 Å². The zero-order valence-corrected chi connectivity index (χ0v) is 42.4. The fourth-order valence-electron chi connectivity index (χ4n) is 13.2. The van der Waals surface area contributed by atoms with Crippen molar-refractivity contribution in [2.24, 2.45) is 0 Å². The second kappa shape index (κ2) is 16.2. The second-order valence-corrected chi connectivity index (χ2v) is 20.7. The van der Waals surface area contributed by atoms with E-state index in [0.29, 0.717) is 11.4 Å². The van der Waals surface area contributed by atoms with E-state index in [1.165, 1.54) is 9.80 Å². The summed E-state index contributed by atoms with van der Waals surface area (Å²) in [7, 11) is 0. The predicted molar refractivity (Wildman–Crippen MR) is 319 cm³/mol. The van der Waals surface area contributed by atoms with Crippen LogP contribution in [0.3, 0.4) is 0 Å². The van der Waals surface area contributed by atoms with E-state index in [1.807, 2.05) is 121 Å². The zero-order valence-electron chi connectivity index (χ0n) is 42.4. The Bertz CT molecular complexity index is 4460. The summed E-state index contributed by atoms with van der Waals surface area (Å²) < 4.78 is 8.77. The lowest BCUT2D eigenvalue weighted by molar-refractivity contribution is 0.0909. The first-order valence-corrected chi connectivity index (χ1v) is 26.6. The highest BCUT2D eigenvalue weighted by molar-refractivity contribution is 6.36. The molecule has 0 spiro atoms. The molecule has 374 valence electrons. The number of anilines is 2. The fourth-order valence-corrected chi connectivity index (χ4v) is 13.2. The Morgan fingerprint density at radius 3 is 0.537 bits per heavy atom. The molecule has 4 aromatic heterocycles. The molecule has 2 aliphatic heterocycles. The Hall–Kier alpha value is -11.1. The van der Waals surface area contributed by atoms with Crippen LogP contribution in [0.4, 0.5) is 11.4 Å². The molecule has 2 aliphatic rings. The van der Waals surface area contributed by atoms with Gasteiger partial charge in [0.25, 0.3) is 23.6 Å². The van der Waals surface area contributed by atoms with Crippen molar-refractivity contribution in [3.05, 3.63) is 265 Å². The number of hydrogen-bond acceptors (Lipinski definition) is 4. The van der Waals surface area contributed by atoms with Crippen LogP contribution in [0.1, 0.15) is 41.4 Å². The van der Waals surface area contributed by atoms with Gasteiger partial charge in [0.15, 0.2) is 0 Å². The quantitative estimate of drug-likeness (QED) is 0.155. The van der Waals surface area contributed by atoms with Gasteiger partial charge in [0.05, 0.1) is 101 Å². The van der Waals surface area contributed by atoms with Gasteiger partial charge in [-0.2, -0.15) is 0 Å². The van der Waals surface area contributed by atoms with Crippen LogP contribution in [0.2, 0.25) is 0 Å². The van der Waals surface area contributed by atoms with Crippen LogP contribution < -0.4 is 9.80 Å². The Morgan fingerprint density at radius 2 is 0.362 bits per heavy atom. The summed E-state index contributed by atoms with van der Waals surface area (Å²) in [4.78, 5) is 62.5. The van der Waals surface area contributed by atoms with E-state index >= 15 is 19.2 Å². The molecule has 15 aromatic rings. The third-order valence-electron chi connectivity index (χ3n) is 16.6. The Labute approximate surface area is 455 Å². The number of aromatic nitrogens is 4. The van der Waals surface area contributed by atoms with Gasteiger partial charge in [0.1, 0.15) is 0 Å². The summed E-state index contributed by atoms with van der Waals surface area (Å²) in [6.45, 7) is 0. The highest BCUT2D eigenvalue weighted by Gasteiger charge is 2.41. The molecule has 0 saturated carbocycles. The normalized spacial score (nSPS) is 13.6. The maximum atomic E-state index is 15.0. The number of carbonyl (C=O) groups excluding carboxylic acids is 4. The van der Waals surface area contributed by atoms with Gasteiger partial charge in [-0.25, -0.2) is 9.80 Å². The van der Waals surface area contributed by atoms with Crippen LogP contribution in [0.15, 0.2) is 243 Å². The van der Waals surface area contributed by atoms with E-state index in [1.54, 1.807) is 24.3 Å². The van der Waals surface area contributed by atoms with Crippen LogP contribution in [0, 0.1) is 0 Å². The van der Waals surface area contributed by atoms with Gasteiger partial charge in [0.2, 0.25) is 0 Å². The number of amides is 4. The van der Waals surface area contributed by atoms with Crippen LogP contribution in [0.5, 0.6) is 0 Å². The van der Waals surface area contributed by atoms with Gasteiger partial charge in [-0.3, -0.25) is 19.2 Å². The molecule has 0 fully saturated rings. The highest BCUT2D eigenvalue weighted by Crippen LogP contribution is 2.44. The Kier molecular flexibility index (Phi) is 8.93. The molecule has 0 bridgehead atoms. The molecule has 0 radical (unpaired) electrons. The molecule has 0 saturated heterocycles. The SMILES string of the molecule is O=C1c2cc(-n3c4ccccc4c4ccccc43)c(-n3c4ccccc4c4ccccc43)cc2C(=O)N1c1ccc(N2C(=O)c3cc(-n4c5ccccc5c5ccccc54)c(-n4c5ccccc5c5ccccc54)cc3C2=O)cc1. The summed E-state index contributed by atoms with van der Waals surface area (Å²) in [6, 6.07) is 79.9. The third-order valence-corrected chi connectivity index (χ3v) is 16.6. The lowest BCUT2D eigenvalue weighted by Crippen LogP contribution is -2.30. The Morgan fingerprint density at radius 1 is 0.200 bits per heavy atom. The molecular weight excluding hydrogens is 989 g/mol. The first kappa shape index (κ1) is 44.1. The minimum atomic E-state index is -0.482. The monoisotopic (exact) mass is 1030 g/mol. The summed E-state index contributed by atoms with van der Waals surface area (Å²) in [6.07, 6.45) is 0. The Balaban J connectivity index is 0.797. The number of benzene rings is 11. The van der Waals surface area contributed by atoms with Gasteiger partial charge in [-0.1, -0.05) is 146 Å². The lowest BCUT2D eigenvalue weighted by atomic mass is 10.1. The van der Waals surface area contributed by atoms with Gasteiger partial charge in [0, 0.05) is 43.1 Å².